The fraction of sp³-hybridized carbons (Fsp3) is 0.364. The van der Waals surface area contributed by atoms with Crippen LogP contribution in [0.5, 0.6) is 0 Å². The molecule has 0 spiro atoms. The molecule has 0 heterocycles. The number of nitrogens with zero attached hydrogens (tertiary/aromatic N) is 1. The molecule has 0 aliphatic carbocycles. The van der Waals surface area contributed by atoms with Crippen molar-refractivity contribution in [3.63, 3.8) is 0 Å². The molecule has 0 aromatic heterocycles. The van der Waals surface area contributed by atoms with Gasteiger partial charge < -0.3 is 10.6 Å². The maximum absolute atomic E-state index is 13.0. The number of nitrogens with two attached hydrogens (primary N) is 1. The van der Waals surface area contributed by atoms with Gasteiger partial charge in [0.15, 0.2) is 0 Å². The molecule has 1 aromatic carbocycles. The van der Waals surface area contributed by atoms with Crippen LogP contribution in [0.4, 0.5) is 33.3 Å². The van der Waals surface area contributed by atoms with Crippen molar-refractivity contribution in [2.24, 2.45) is 0 Å². The number of hydrogen-bond donors (Lipinski definition) is 1. The lowest BCUT2D eigenvalue weighted by atomic mass is 10.2. The highest BCUT2D eigenvalue weighted by molar-refractivity contribution is 5.99. The number of nitrogen functional groups attached to an aromatic ring is 1. The molecule has 1 rings (SSSR count). The van der Waals surface area contributed by atoms with Gasteiger partial charge in [-0.05, 0) is 31.2 Å². The van der Waals surface area contributed by atoms with Gasteiger partial charge >= 0.3 is 18.0 Å². The minimum Gasteiger partial charge on any atom is -0.399 e. The van der Waals surface area contributed by atoms with Crippen molar-refractivity contribution in [2.45, 2.75) is 19.0 Å². The van der Waals surface area contributed by atoms with Gasteiger partial charge in [0.25, 0.3) is 0 Å². The van der Waals surface area contributed by atoms with Gasteiger partial charge in [-0.15, -0.1) is 0 Å². The molecule has 0 saturated heterocycles. The highest BCUT2D eigenvalue weighted by atomic mass is 19.4. The summed E-state index contributed by atoms with van der Waals surface area (Å²) in [6, 6.07) is 5.00. The van der Waals surface area contributed by atoms with Crippen molar-refractivity contribution in [1.29, 1.82) is 0 Å². The van der Waals surface area contributed by atoms with E-state index in [4.69, 9.17) is 5.73 Å². The van der Waals surface area contributed by atoms with Gasteiger partial charge in [0, 0.05) is 17.9 Å². The van der Waals surface area contributed by atoms with Crippen molar-refractivity contribution in [3.05, 3.63) is 24.3 Å². The molecule has 0 saturated carbocycles. The third kappa shape index (κ3) is 2.94. The Labute approximate surface area is 105 Å². The highest BCUT2D eigenvalue weighted by Crippen LogP contribution is 2.37. The van der Waals surface area contributed by atoms with Crippen LogP contribution in [0, 0.1) is 0 Å². The number of benzene rings is 1. The average Bonchev–Trinajstić information content (AvgIpc) is 2.30. The molecule has 0 aliphatic rings. The van der Waals surface area contributed by atoms with Crippen LogP contribution in [0.1, 0.15) is 6.92 Å². The van der Waals surface area contributed by atoms with Crippen molar-refractivity contribution >= 4 is 17.3 Å². The molecule has 3 nitrogen and oxygen atoms in total. The smallest absolute Gasteiger partial charge is 0.399 e. The summed E-state index contributed by atoms with van der Waals surface area (Å²) in [4.78, 5) is 11.7. The standard InChI is InChI=1S/C11H11F5N2O/c1-2-18(8-5-3-7(17)4-6-8)9(19)10(12,13)11(14,15)16/h3-6H,2,17H2,1H3. The number of rotatable bonds is 3. The average molecular weight is 282 g/mol. The molecule has 19 heavy (non-hydrogen) atoms. The summed E-state index contributed by atoms with van der Waals surface area (Å²) < 4.78 is 62.4. The lowest BCUT2D eigenvalue weighted by Gasteiger charge is -2.27. The largest absolute Gasteiger partial charge is 0.463 e. The van der Waals surface area contributed by atoms with Crippen molar-refractivity contribution in [2.75, 3.05) is 17.2 Å². The Balaban J connectivity index is 3.11. The molecule has 0 radical (unpaired) electrons. The molecule has 0 bridgehead atoms. The summed E-state index contributed by atoms with van der Waals surface area (Å²) >= 11 is 0. The SMILES string of the molecule is CCN(C(=O)C(F)(F)C(F)(F)F)c1ccc(N)cc1. The van der Waals surface area contributed by atoms with Gasteiger partial charge in [-0.3, -0.25) is 4.79 Å². The van der Waals surface area contributed by atoms with E-state index in [2.05, 4.69) is 0 Å². The Morgan fingerprint density at radius 3 is 2.00 bits per heavy atom. The number of carbonyl (C=O) groups excluding carboxylic acids is 1. The molecule has 2 N–H and O–H groups in total. The normalized spacial score (nSPS) is 12.3. The van der Waals surface area contributed by atoms with E-state index in [1.54, 1.807) is 0 Å². The molecule has 106 valence electrons. The Morgan fingerprint density at radius 1 is 1.16 bits per heavy atom. The quantitative estimate of drug-likeness (QED) is 0.684. The molecular weight excluding hydrogens is 271 g/mol. The highest BCUT2D eigenvalue weighted by Gasteiger charge is 2.64. The Bertz CT molecular complexity index is 455. The maximum Gasteiger partial charge on any atom is 0.463 e. The van der Waals surface area contributed by atoms with Crippen LogP contribution in [0.25, 0.3) is 0 Å². The van der Waals surface area contributed by atoms with E-state index in [1.165, 1.54) is 31.2 Å². The second-order valence-corrected chi connectivity index (χ2v) is 3.71. The van der Waals surface area contributed by atoms with Gasteiger partial charge in [0.1, 0.15) is 0 Å². The summed E-state index contributed by atoms with van der Waals surface area (Å²) in [5, 5.41) is 0. The number of carbonyl (C=O) groups is 1. The van der Waals surface area contributed by atoms with Gasteiger partial charge in [0.05, 0.1) is 0 Å². The lowest BCUT2D eigenvalue weighted by molar-refractivity contribution is -0.268. The minimum atomic E-state index is -5.93. The predicted molar refractivity (Wildman–Crippen MR) is 59.9 cm³/mol. The molecule has 8 heteroatoms. The van der Waals surface area contributed by atoms with Crippen LogP contribution in [-0.2, 0) is 4.79 Å². The minimum absolute atomic E-state index is 0.0781. The van der Waals surface area contributed by atoms with E-state index in [-0.39, 0.29) is 12.2 Å². The van der Waals surface area contributed by atoms with E-state index >= 15 is 0 Å². The molecule has 1 amide bonds. The Kier molecular flexibility index (Phi) is 4.02. The van der Waals surface area contributed by atoms with E-state index in [9.17, 15) is 26.7 Å². The van der Waals surface area contributed by atoms with Crippen LogP contribution in [0.3, 0.4) is 0 Å². The first kappa shape index (κ1) is 15.2. The summed E-state index contributed by atoms with van der Waals surface area (Å²) in [5.41, 5.74) is 5.59. The summed E-state index contributed by atoms with van der Waals surface area (Å²) in [5.74, 6) is -7.74. The number of anilines is 2. The first-order chi connectivity index (χ1) is 8.61. The van der Waals surface area contributed by atoms with Crippen LogP contribution in [0.15, 0.2) is 24.3 Å². The summed E-state index contributed by atoms with van der Waals surface area (Å²) in [6.07, 6.45) is -5.93. The number of alkyl halides is 5. The lowest BCUT2D eigenvalue weighted by Crippen LogP contribution is -2.52. The van der Waals surface area contributed by atoms with Gasteiger partial charge in [-0.1, -0.05) is 0 Å². The number of hydrogen-bond acceptors (Lipinski definition) is 2. The van der Waals surface area contributed by atoms with Crippen molar-refractivity contribution < 1.29 is 26.7 Å². The monoisotopic (exact) mass is 282 g/mol. The van der Waals surface area contributed by atoms with E-state index < -0.39 is 18.0 Å². The zero-order valence-electron chi connectivity index (χ0n) is 9.84. The number of halogens is 5. The Hall–Kier alpha value is -1.86. The van der Waals surface area contributed by atoms with E-state index in [0.717, 1.165) is 0 Å². The summed E-state index contributed by atoms with van der Waals surface area (Å²) in [6.45, 7) is 0.967. The summed E-state index contributed by atoms with van der Waals surface area (Å²) in [7, 11) is 0. The first-order valence-electron chi connectivity index (χ1n) is 5.23. The molecule has 0 aliphatic heterocycles. The Morgan fingerprint density at radius 2 is 1.63 bits per heavy atom. The first-order valence-corrected chi connectivity index (χ1v) is 5.23. The van der Waals surface area contributed by atoms with Gasteiger partial charge in [0.2, 0.25) is 0 Å². The third-order valence-electron chi connectivity index (χ3n) is 2.39. The van der Waals surface area contributed by atoms with Crippen molar-refractivity contribution in [3.8, 4) is 0 Å². The maximum atomic E-state index is 13.0. The van der Waals surface area contributed by atoms with Crippen molar-refractivity contribution in [1.82, 2.24) is 0 Å². The zero-order chi connectivity index (χ0) is 14.8. The number of amides is 1. The predicted octanol–water partition coefficient (Wildman–Crippen LogP) is 2.82. The second-order valence-electron chi connectivity index (χ2n) is 3.71. The fourth-order valence-electron chi connectivity index (χ4n) is 1.39. The molecule has 0 atom stereocenters. The molecule has 1 aromatic rings. The van der Waals surface area contributed by atoms with E-state index in [0.29, 0.717) is 10.6 Å². The molecule has 0 unspecified atom stereocenters. The van der Waals surface area contributed by atoms with Gasteiger partial charge in [-0.2, -0.15) is 22.0 Å². The molecular formula is C11H11F5N2O. The van der Waals surface area contributed by atoms with Crippen LogP contribution in [0.2, 0.25) is 0 Å². The fourth-order valence-corrected chi connectivity index (χ4v) is 1.39. The van der Waals surface area contributed by atoms with E-state index in [1.807, 2.05) is 0 Å². The van der Waals surface area contributed by atoms with Crippen LogP contribution < -0.4 is 10.6 Å². The third-order valence-corrected chi connectivity index (χ3v) is 2.39. The second kappa shape index (κ2) is 5.02. The van der Waals surface area contributed by atoms with Crippen LogP contribution in [-0.4, -0.2) is 24.6 Å². The molecule has 0 fully saturated rings. The zero-order valence-corrected chi connectivity index (χ0v) is 9.84. The van der Waals surface area contributed by atoms with Gasteiger partial charge in [-0.25, -0.2) is 0 Å². The topological polar surface area (TPSA) is 46.3 Å². The van der Waals surface area contributed by atoms with Crippen LogP contribution >= 0.6 is 0 Å².